The zero-order valence-electron chi connectivity index (χ0n) is 20.4. The van der Waals surface area contributed by atoms with E-state index in [2.05, 4.69) is 21.3 Å². The van der Waals surface area contributed by atoms with Crippen LogP contribution >= 0.6 is 0 Å². The molecule has 0 aliphatic rings. The van der Waals surface area contributed by atoms with Gasteiger partial charge in [0.25, 0.3) is 0 Å². The van der Waals surface area contributed by atoms with Gasteiger partial charge in [0.15, 0.2) is 5.96 Å². The molecule has 1 aromatic rings. The number of carbonyl (C=O) groups excluding carboxylic acids is 4. The minimum atomic E-state index is -1.04. The molecule has 0 unspecified atom stereocenters. The highest BCUT2D eigenvalue weighted by molar-refractivity contribution is 5.94. The summed E-state index contributed by atoms with van der Waals surface area (Å²) in [5.74, 6) is -2.60. The van der Waals surface area contributed by atoms with Gasteiger partial charge >= 0.3 is 0 Å². The van der Waals surface area contributed by atoms with E-state index in [-0.39, 0.29) is 25.3 Å². The fourth-order valence-electron chi connectivity index (χ4n) is 3.43. The van der Waals surface area contributed by atoms with Crippen molar-refractivity contribution in [1.82, 2.24) is 21.3 Å². The number of benzene rings is 1. The Hall–Kier alpha value is -3.71. The minimum Gasteiger partial charge on any atom is -0.370 e. The molecule has 13 nitrogen and oxygen atoms in total. The van der Waals surface area contributed by atoms with Gasteiger partial charge in [-0.2, -0.15) is 0 Å². The first-order valence-electron chi connectivity index (χ1n) is 11.9. The van der Waals surface area contributed by atoms with Crippen LogP contribution in [0.2, 0.25) is 0 Å². The molecule has 0 aliphatic heterocycles. The maximum absolute atomic E-state index is 13.2. The third-order valence-electron chi connectivity index (χ3n) is 5.34. The number of unbranched alkanes of at least 4 members (excludes halogenated alkanes) is 1. The van der Waals surface area contributed by atoms with Crippen LogP contribution in [0, 0.1) is 5.41 Å². The Labute approximate surface area is 211 Å². The zero-order chi connectivity index (χ0) is 26.9. The summed E-state index contributed by atoms with van der Waals surface area (Å²) in [6.45, 7) is 0.449. The van der Waals surface area contributed by atoms with E-state index in [9.17, 15) is 19.2 Å². The van der Waals surface area contributed by atoms with Crippen LogP contribution < -0.4 is 44.2 Å². The summed E-state index contributed by atoms with van der Waals surface area (Å²) in [5.41, 5.74) is 22.4. The van der Waals surface area contributed by atoms with Gasteiger partial charge in [-0.15, -0.1) is 0 Å². The van der Waals surface area contributed by atoms with Crippen molar-refractivity contribution < 1.29 is 19.2 Å². The molecular formula is C23H39N9O4. The molecule has 4 amide bonds. The lowest BCUT2D eigenvalue weighted by Crippen LogP contribution is -2.57. The largest absolute Gasteiger partial charge is 0.370 e. The van der Waals surface area contributed by atoms with Crippen LogP contribution in [-0.2, 0) is 25.6 Å². The molecule has 0 saturated carbocycles. The second-order valence-corrected chi connectivity index (χ2v) is 8.31. The maximum atomic E-state index is 13.2. The highest BCUT2D eigenvalue weighted by Crippen LogP contribution is 2.07. The number of nitrogens with one attached hydrogen (secondary N) is 5. The van der Waals surface area contributed by atoms with Gasteiger partial charge in [-0.25, -0.2) is 0 Å². The SMILES string of the molecule is N=C(N)NCCC[C@@H](NC(=O)CN)C(=O)N[C@@H](Cc1ccccc1)C(=O)N[C@@H](CCCCN)C(N)=O. The van der Waals surface area contributed by atoms with Gasteiger partial charge in [-0.3, -0.25) is 24.6 Å². The van der Waals surface area contributed by atoms with Crippen LogP contribution in [-0.4, -0.2) is 67.3 Å². The van der Waals surface area contributed by atoms with Crippen molar-refractivity contribution in [3.05, 3.63) is 35.9 Å². The third kappa shape index (κ3) is 12.1. The van der Waals surface area contributed by atoms with E-state index in [1.54, 1.807) is 24.3 Å². The fraction of sp³-hybridized carbons (Fsp3) is 0.522. The molecule has 0 aliphatic carbocycles. The van der Waals surface area contributed by atoms with E-state index in [4.69, 9.17) is 28.3 Å². The van der Waals surface area contributed by atoms with Crippen molar-refractivity contribution in [1.29, 1.82) is 5.41 Å². The van der Waals surface area contributed by atoms with Crippen LogP contribution in [0.25, 0.3) is 0 Å². The van der Waals surface area contributed by atoms with Crippen molar-refractivity contribution in [3.8, 4) is 0 Å². The molecule has 1 rings (SSSR count). The number of hydrogen-bond acceptors (Lipinski definition) is 7. The standard InChI is InChI=1S/C23H39N9O4/c24-11-5-4-9-16(20(26)34)31-22(36)18(13-15-7-2-1-3-8-15)32-21(35)17(30-19(33)14-25)10-6-12-29-23(27)28/h1-3,7-8,16-18H,4-6,9-14,24-25H2,(H2,26,34)(H,30,33)(H,31,36)(H,32,35)(H4,27,28,29)/t16-,17+,18-/m0/s1. The van der Waals surface area contributed by atoms with Gasteiger partial charge in [0, 0.05) is 13.0 Å². The number of amides is 4. The fourth-order valence-corrected chi connectivity index (χ4v) is 3.43. The third-order valence-corrected chi connectivity index (χ3v) is 5.34. The number of rotatable bonds is 17. The van der Waals surface area contributed by atoms with Crippen molar-refractivity contribution in [2.24, 2.45) is 22.9 Å². The Balaban J connectivity index is 3.01. The number of nitrogens with two attached hydrogens (primary N) is 4. The normalized spacial score (nSPS) is 13.1. The molecule has 0 fully saturated rings. The van der Waals surface area contributed by atoms with Crippen molar-refractivity contribution in [2.45, 2.75) is 56.7 Å². The molecule has 36 heavy (non-hydrogen) atoms. The van der Waals surface area contributed by atoms with Gasteiger partial charge < -0.3 is 44.2 Å². The monoisotopic (exact) mass is 505 g/mol. The molecule has 0 saturated heterocycles. The Morgan fingerprint density at radius 3 is 2.00 bits per heavy atom. The van der Waals surface area contributed by atoms with Crippen molar-refractivity contribution in [2.75, 3.05) is 19.6 Å². The quantitative estimate of drug-likeness (QED) is 0.0621. The van der Waals surface area contributed by atoms with E-state index in [0.29, 0.717) is 38.8 Å². The molecule has 0 aromatic heterocycles. The van der Waals surface area contributed by atoms with Crippen LogP contribution in [0.15, 0.2) is 30.3 Å². The summed E-state index contributed by atoms with van der Waals surface area (Å²) >= 11 is 0. The molecule has 1 aromatic carbocycles. The first-order chi connectivity index (χ1) is 17.2. The van der Waals surface area contributed by atoms with Crippen LogP contribution in [0.1, 0.15) is 37.7 Å². The van der Waals surface area contributed by atoms with Crippen molar-refractivity contribution >= 4 is 29.6 Å². The van der Waals surface area contributed by atoms with Gasteiger partial charge in [0.2, 0.25) is 23.6 Å². The van der Waals surface area contributed by atoms with E-state index in [1.165, 1.54) is 0 Å². The molecule has 13 N–H and O–H groups in total. The van der Waals surface area contributed by atoms with Crippen molar-refractivity contribution in [3.63, 3.8) is 0 Å². The summed E-state index contributed by atoms with van der Waals surface area (Å²) in [4.78, 5) is 50.1. The number of primary amides is 1. The highest BCUT2D eigenvalue weighted by atomic mass is 16.2. The number of carbonyl (C=O) groups is 4. The first-order valence-corrected chi connectivity index (χ1v) is 11.9. The van der Waals surface area contributed by atoms with Gasteiger partial charge in [0.1, 0.15) is 18.1 Å². The molecule has 13 heteroatoms. The summed E-state index contributed by atoms with van der Waals surface area (Å²) in [6, 6.07) is 6.12. The Bertz CT molecular complexity index is 866. The van der Waals surface area contributed by atoms with Crippen LogP contribution in [0.4, 0.5) is 0 Å². The first kappa shape index (κ1) is 30.3. The summed E-state index contributed by atoms with van der Waals surface area (Å²) in [7, 11) is 0. The highest BCUT2D eigenvalue weighted by Gasteiger charge is 2.29. The summed E-state index contributed by atoms with van der Waals surface area (Å²) < 4.78 is 0. The summed E-state index contributed by atoms with van der Waals surface area (Å²) in [6.07, 6.45) is 2.36. The van der Waals surface area contributed by atoms with Gasteiger partial charge in [0.05, 0.1) is 6.54 Å². The number of hydrogen-bond donors (Lipinski definition) is 9. The maximum Gasteiger partial charge on any atom is 0.243 e. The molecule has 0 heterocycles. The summed E-state index contributed by atoms with van der Waals surface area (Å²) in [5, 5.41) is 17.7. The smallest absolute Gasteiger partial charge is 0.243 e. The van der Waals surface area contributed by atoms with E-state index < -0.39 is 41.8 Å². The number of guanidine groups is 1. The molecule has 0 bridgehead atoms. The Morgan fingerprint density at radius 1 is 0.806 bits per heavy atom. The lowest BCUT2D eigenvalue weighted by molar-refractivity contribution is -0.133. The van der Waals surface area contributed by atoms with Gasteiger partial charge in [-0.05, 0) is 44.2 Å². The topological polar surface area (TPSA) is 244 Å². The lowest BCUT2D eigenvalue weighted by Gasteiger charge is -2.25. The molecule has 200 valence electrons. The molecule has 0 spiro atoms. The molecule has 0 radical (unpaired) electrons. The lowest BCUT2D eigenvalue weighted by atomic mass is 10.0. The van der Waals surface area contributed by atoms with Gasteiger partial charge in [-0.1, -0.05) is 30.3 Å². The van der Waals surface area contributed by atoms with E-state index in [1.807, 2.05) is 6.07 Å². The average Bonchev–Trinajstić information content (AvgIpc) is 2.84. The van der Waals surface area contributed by atoms with E-state index >= 15 is 0 Å². The van der Waals surface area contributed by atoms with E-state index in [0.717, 1.165) is 5.56 Å². The zero-order valence-corrected chi connectivity index (χ0v) is 20.4. The molecular weight excluding hydrogens is 466 g/mol. The Morgan fingerprint density at radius 2 is 1.42 bits per heavy atom. The average molecular weight is 506 g/mol. The molecule has 3 atom stereocenters. The minimum absolute atomic E-state index is 0.149. The predicted molar refractivity (Wildman–Crippen MR) is 136 cm³/mol. The van der Waals surface area contributed by atoms with Crippen LogP contribution in [0.3, 0.4) is 0 Å². The second-order valence-electron chi connectivity index (χ2n) is 8.31. The predicted octanol–water partition coefficient (Wildman–Crippen LogP) is -2.48. The second kappa shape index (κ2) is 16.8. The Kier molecular flexibility index (Phi) is 14.2. The van der Waals surface area contributed by atoms with Crippen LogP contribution in [0.5, 0.6) is 0 Å².